The minimum atomic E-state index is -0.736. The van der Waals surface area contributed by atoms with E-state index in [4.69, 9.17) is 5.11 Å². The molecule has 0 bridgehead atoms. The van der Waals surface area contributed by atoms with E-state index in [9.17, 15) is 9.90 Å². The van der Waals surface area contributed by atoms with Gasteiger partial charge in [0, 0.05) is 13.0 Å². The molecule has 0 saturated carbocycles. The molecule has 0 aromatic heterocycles. The number of unbranched alkanes of at least 4 members (excludes halogenated alkanes) is 1. The summed E-state index contributed by atoms with van der Waals surface area (Å²) in [5.74, 6) is -0.736. The molecule has 0 atom stereocenters. The van der Waals surface area contributed by atoms with Crippen LogP contribution in [-0.4, -0.2) is 46.3 Å². The number of rotatable bonds is 8. The van der Waals surface area contributed by atoms with Crippen molar-refractivity contribution in [3.63, 3.8) is 0 Å². The summed E-state index contributed by atoms with van der Waals surface area (Å²) in [6, 6.07) is 0. The Bertz CT molecular complexity index is 187. The Kier molecular flexibility index (Phi) is 6.52. The quantitative estimate of drug-likeness (QED) is 0.602. The van der Waals surface area contributed by atoms with Gasteiger partial charge in [0.25, 0.3) is 0 Å². The average molecular weight is 217 g/mol. The van der Waals surface area contributed by atoms with Crippen molar-refractivity contribution in [2.24, 2.45) is 0 Å². The minimum absolute atomic E-state index is 0.236. The predicted octanol–water partition coefficient (Wildman–Crippen LogP) is 1.33. The molecule has 0 spiro atoms. The van der Waals surface area contributed by atoms with E-state index in [1.807, 2.05) is 6.92 Å². The molecule has 90 valence electrons. The van der Waals surface area contributed by atoms with Crippen LogP contribution in [0.25, 0.3) is 0 Å². The Labute approximate surface area is 91.9 Å². The van der Waals surface area contributed by atoms with Gasteiger partial charge in [0.2, 0.25) is 0 Å². The van der Waals surface area contributed by atoms with E-state index in [0.29, 0.717) is 13.0 Å². The molecule has 4 nitrogen and oxygen atoms in total. The Hall–Kier alpha value is -0.610. The number of hydrogen-bond acceptors (Lipinski definition) is 3. The van der Waals surface area contributed by atoms with Crippen molar-refractivity contribution >= 4 is 5.97 Å². The van der Waals surface area contributed by atoms with Crippen molar-refractivity contribution in [2.45, 2.75) is 45.6 Å². The first-order chi connectivity index (χ1) is 6.85. The molecular weight excluding hydrogens is 194 g/mol. The van der Waals surface area contributed by atoms with Crippen molar-refractivity contribution in [1.82, 2.24) is 4.90 Å². The van der Waals surface area contributed by atoms with Gasteiger partial charge in [-0.2, -0.15) is 0 Å². The van der Waals surface area contributed by atoms with Crippen LogP contribution < -0.4 is 0 Å². The lowest BCUT2D eigenvalue weighted by molar-refractivity contribution is -0.137. The second kappa shape index (κ2) is 6.80. The van der Waals surface area contributed by atoms with Gasteiger partial charge in [-0.3, -0.25) is 4.79 Å². The van der Waals surface area contributed by atoms with Gasteiger partial charge in [-0.15, -0.1) is 0 Å². The molecule has 0 aliphatic heterocycles. The summed E-state index contributed by atoms with van der Waals surface area (Å²) in [5.41, 5.74) is -0.678. The fourth-order valence-corrected chi connectivity index (χ4v) is 1.51. The second-order valence-corrected chi connectivity index (χ2v) is 4.53. The van der Waals surface area contributed by atoms with Crippen LogP contribution in [0.5, 0.6) is 0 Å². The normalized spacial score (nSPS) is 12.1. The zero-order valence-electron chi connectivity index (χ0n) is 9.99. The highest BCUT2D eigenvalue weighted by molar-refractivity contribution is 5.66. The van der Waals surface area contributed by atoms with Gasteiger partial charge < -0.3 is 15.1 Å². The molecule has 15 heavy (non-hydrogen) atoms. The summed E-state index contributed by atoms with van der Waals surface area (Å²) >= 11 is 0. The Morgan fingerprint density at radius 3 is 2.33 bits per heavy atom. The van der Waals surface area contributed by atoms with Crippen LogP contribution in [0.3, 0.4) is 0 Å². The lowest BCUT2D eigenvalue weighted by Gasteiger charge is -2.27. The fourth-order valence-electron chi connectivity index (χ4n) is 1.51. The number of carboxylic acids is 1. The maximum Gasteiger partial charge on any atom is 0.303 e. The zero-order chi connectivity index (χ0) is 11.9. The van der Waals surface area contributed by atoms with Crippen LogP contribution in [-0.2, 0) is 4.79 Å². The third-order valence-electron chi connectivity index (χ3n) is 2.17. The molecule has 4 heteroatoms. The molecular formula is C11H23NO3. The summed E-state index contributed by atoms with van der Waals surface area (Å²) in [6.45, 7) is 7.99. The first kappa shape index (κ1) is 14.4. The molecule has 0 rings (SSSR count). The van der Waals surface area contributed by atoms with Crippen LogP contribution in [0.1, 0.15) is 40.0 Å². The number of nitrogens with zero attached hydrogens (tertiary/aromatic N) is 1. The van der Waals surface area contributed by atoms with Gasteiger partial charge in [-0.05, 0) is 39.8 Å². The van der Waals surface area contributed by atoms with Gasteiger partial charge in [0.15, 0.2) is 0 Å². The highest BCUT2D eigenvalue weighted by Crippen LogP contribution is 2.06. The summed E-state index contributed by atoms with van der Waals surface area (Å²) < 4.78 is 0. The third kappa shape index (κ3) is 9.69. The zero-order valence-corrected chi connectivity index (χ0v) is 9.99. The monoisotopic (exact) mass is 217 g/mol. The molecule has 0 saturated heterocycles. The molecule has 0 unspecified atom stereocenters. The SMILES string of the molecule is CCN(CCCCC(=O)O)CC(C)(C)O. The highest BCUT2D eigenvalue weighted by atomic mass is 16.4. The Morgan fingerprint density at radius 2 is 1.93 bits per heavy atom. The van der Waals surface area contributed by atoms with Gasteiger partial charge in [0.05, 0.1) is 5.60 Å². The maximum atomic E-state index is 10.3. The van der Waals surface area contributed by atoms with Crippen molar-refractivity contribution in [1.29, 1.82) is 0 Å². The van der Waals surface area contributed by atoms with Crippen LogP contribution in [0, 0.1) is 0 Å². The fraction of sp³-hybridized carbons (Fsp3) is 0.909. The number of aliphatic carboxylic acids is 1. The van der Waals surface area contributed by atoms with E-state index < -0.39 is 11.6 Å². The lowest BCUT2D eigenvalue weighted by atomic mass is 10.1. The molecule has 0 aromatic rings. The van der Waals surface area contributed by atoms with Crippen LogP contribution >= 0.6 is 0 Å². The number of aliphatic hydroxyl groups is 1. The van der Waals surface area contributed by atoms with E-state index in [1.165, 1.54) is 0 Å². The van der Waals surface area contributed by atoms with Crippen molar-refractivity contribution in [2.75, 3.05) is 19.6 Å². The smallest absolute Gasteiger partial charge is 0.303 e. The van der Waals surface area contributed by atoms with Crippen molar-refractivity contribution in [3.05, 3.63) is 0 Å². The van der Waals surface area contributed by atoms with E-state index in [1.54, 1.807) is 13.8 Å². The topological polar surface area (TPSA) is 60.8 Å². The predicted molar refractivity (Wildman–Crippen MR) is 59.9 cm³/mol. The largest absolute Gasteiger partial charge is 0.481 e. The number of carboxylic acid groups (broad SMARTS) is 1. The second-order valence-electron chi connectivity index (χ2n) is 4.53. The number of likely N-dealkylation sites (N-methyl/N-ethyl adjacent to an activating group) is 1. The summed E-state index contributed by atoms with van der Waals surface area (Å²) in [5, 5.41) is 18.1. The first-order valence-electron chi connectivity index (χ1n) is 5.51. The highest BCUT2D eigenvalue weighted by Gasteiger charge is 2.16. The summed E-state index contributed by atoms with van der Waals surface area (Å²) in [7, 11) is 0. The molecule has 0 aromatic carbocycles. The van der Waals surface area contributed by atoms with E-state index in [-0.39, 0.29) is 6.42 Å². The Balaban J connectivity index is 3.67. The van der Waals surface area contributed by atoms with Gasteiger partial charge in [0.1, 0.15) is 0 Å². The van der Waals surface area contributed by atoms with E-state index >= 15 is 0 Å². The average Bonchev–Trinajstić information content (AvgIpc) is 2.08. The lowest BCUT2D eigenvalue weighted by Crippen LogP contribution is -2.39. The number of hydrogen-bond donors (Lipinski definition) is 2. The van der Waals surface area contributed by atoms with Crippen molar-refractivity contribution in [3.8, 4) is 0 Å². The summed E-state index contributed by atoms with van der Waals surface area (Å²) in [6.07, 6.45) is 1.81. The minimum Gasteiger partial charge on any atom is -0.481 e. The van der Waals surface area contributed by atoms with Crippen LogP contribution in [0.4, 0.5) is 0 Å². The van der Waals surface area contributed by atoms with Gasteiger partial charge >= 0.3 is 5.97 Å². The molecule has 0 heterocycles. The molecule has 0 amide bonds. The first-order valence-corrected chi connectivity index (χ1v) is 5.51. The molecule has 0 radical (unpaired) electrons. The van der Waals surface area contributed by atoms with E-state index in [2.05, 4.69) is 4.90 Å². The Morgan fingerprint density at radius 1 is 1.33 bits per heavy atom. The third-order valence-corrected chi connectivity index (χ3v) is 2.17. The van der Waals surface area contributed by atoms with E-state index in [0.717, 1.165) is 19.5 Å². The standard InChI is InChI=1S/C11H23NO3/c1-4-12(9-11(2,3)15)8-6-5-7-10(13)14/h15H,4-9H2,1-3H3,(H,13,14). The summed E-state index contributed by atoms with van der Waals surface area (Å²) in [4.78, 5) is 12.4. The molecule has 0 aliphatic carbocycles. The maximum absolute atomic E-state index is 10.3. The van der Waals surface area contributed by atoms with Gasteiger partial charge in [-0.25, -0.2) is 0 Å². The van der Waals surface area contributed by atoms with Crippen LogP contribution in [0.2, 0.25) is 0 Å². The molecule has 0 fully saturated rings. The molecule has 2 N–H and O–H groups in total. The van der Waals surface area contributed by atoms with Crippen molar-refractivity contribution < 1.29 is 15.0 Å². The number of carbonyl (C=O) groups is 1. The van der Waals surface area contributed by atoms with Gasteiger partial charge in [-0.1, -0.05) is 6.92 Å². The van der Waals surface area contributed by atoms with Crippen LogP contribution in [0.15, 0.2) is 0 Å². The molecule has 0 aliphatic rings.